The summed E-state index contributed by atoms with van der Waals surface area (Å²) in [6, 6.07) is -0.619. The molecule has 1 atom stereocenters. The third kappa shape index (κ3) is 3.59. The fourth-order valence-electron chi connectivity index (χ4n) is 1.19. The smallest absolute Gasteiger partial charge is 0.325 e. The minimum atomic E-state index is -1.06. The van der Waals surface area contributed by atoms with Gasteiger partial charge in [0.2, 0.25) is 0 Å². The van der Waals surface area contributed by atoms with Crippen LogP contribution in [0.3, 0.4) is 0 Å². The quantitative estimate of drug-likeness (QED) is 0.517. The molecule has 1 rings (SSSR count). The number of carboxylic acid groups (broad SMARTS) is 1. The molecule has 1 unspecified atom stereocenters. The molecule has 0 fully saturated rings. The summed E-state index contributed by atoms with van der Waals surface area (Å²) in [6.07, 6.45) is 0.719. The van der Waals surface area contributed by atoms with Gasteiger partial charge in [-0.1, -0.05) is 0 Å². The SMILES string of the molecule is CC(CC(=O)O)NC(=O)c1c[nH]c(=O)[nH]c1=O. The van der Waals surface area contributed by atoms with Crippen LogP contribution in [0.4, 0.5) is 0 Å². The molecule has 1 aromatic rings. The molecule has 4 N–H and O–H groups in total. The van der Waals surface area contributed by atoms with Crippen LogP contribution in [0.15, 0.2) is 15.8 Å². The summed E-state index contributed by atoms with van der Waals surface area (Å²) < 4.78 is 0. The summed E-state index contributed by atoms with van der Waals surface area (Å²) in [4.78, 5) is 47.9. The standard InChI is InChI=1S/C9H11N3O5/c1-4(2-6(13)14)11-7(15)5-3-10-9(17)12-8(5)16/h3-4H,2H2,1H3,(H,11,15)(H,13,14)(H2,10,12,16,17). The molecule has 0 aromatic carbocycles. The first-order valence-electron chi connectivity index (χ1n) is 4.75. The number of H-pyrrole nitrogens is 2. The van der Waals surface area contributed by atoms with Crippen LogP contribution in [0, 0.1) is 0 Å². The van der Waals surface area contributed by atoms with Gasteiger partial charge in [0, 0.05) is 12.2 Å². The third-order valence-electron chi connectivity index (χ3n) is 1.92. The highest BCUT2D eigenvalue weighted by Gasteiger charge is 2.15. The molecule has 0 aliphatic heterocycles. The zero-order valence-corrected chi connectivity index (χ0v) is 8.94. The molecular weight excluding hydrogens is 230 g/mol. The Hall–Kier alpha value is -2.38. The van der Waals surface area contributed by atoms with E-state index in [2.05, 4.69) is 10.3 Å². The highest BCUT2D eigenvalue weighted by Crippen LogP contribution is 1.93. The van der Waals surface area contributed by atoms with Crippen molar-refractivity contribution < 1.29 is 14.7 Å². The number of carbonyl (C=O) groups is 2. The molecule has 0 aliphatic carbocycles. The van der Waals surface area contributed by atoms with E-state index in [1.165, 1.54) is 6.92 Å². The molecular formula is C9H11N3O5. The first kappa shape index (κ1) is 12.7. The van der Waals surface area contributed by atoms with E-state index in [-0.39, 0.29) is 12.0 Å². The summed E-state index contributed by atoms with van der Waals surface area (Å²) in [6.45, 7) is 1.49. The predicted octanol–water partition coefficient (Wildman–Crippen LogP) is -1.34. The molecule has 92 valence electrons. The fourth-order valence-corrected chi connectivity index (χ4v) is 1.19. The number of hydrogen-bond donors (Lipinski definition) is 4. The van der Waals surface area contributed by atoms with Gasteiger partial charge in [-0.2, -0.15) is 0 Å². The molecule has 1 amide bonds. The van der Waals surface area contributed by atoms with Crippen LogP contribution < -0.4 is 16.6 Å². The van der Waals surface area contributed by atoms with Gasteiger partial charge in [-0.05, 0) is 6.92 Å². The number of aromatic amines is 2. The summed E-state index contributed by atoms with van der Waals surface area (Å²) in [5.74, 6) is -1.80. The zero-order chi connectivity index (χ0) is 13.0. The lowest BCUT2D eigenvalue weighted by Gasteiger charge is -2.10. The van der Waals surface area contributed by atoms with Gasteiger partial charge in [0.25, 0.3) is 11.5 Å². The Morgan fingerprint density at radius 2 is 2.12 bits per heavy atom. The average molecular weight is 241 g/mol. The van der Waals surface area contributed by atoms with E-state index in [0.717, 1.165) is 6.20 Å². The number of amides is 1. The molecule has 0 aliphatic rings. The van der Waals surface area contributed by atoms with Crippen molar-refractivity contribution in [3.8, 4) is 0 Å². The van der Waals surface area contributed by atoms with Crippen LogP contribution >= 0.6 is 0 Å². The van der Waals surface area contributed by atoms with Gasteiger partial charge in [-0.3, -0.25) is 19.4 Å². The summed E-state index contributed by atoms with van der Waals surface area (Å²) in [5, 5.41) is 10.8. The van der Waals surface area contributed by atoms with Crippen molar-refractivity contribution in [2.24, 2.45) is 0 Å². The van der Waals surface area contributed by atoms with Gasteiger partial charge in [0.1, 0.15) is 5.56 Å². The normalized spacial score (nSPS) is 11.8. The predicted molar refractivity (Wildman–Crippen MR) is 56.9 cm³/mol. The zero-order valence-electron chi connectivity index (χ0n) is 8.94. The van der Waals surface area contributed by atoms with Crippen molar-refractivity contribution in [1.82, 2.24) is 15.3 Å². The second kappa shape index (κ2) is 5.10. The molecule has 8 nitrogen and oxygen atoms in total. The van der Waals surface area contributed by atoms with E-state index in [0.29, 0.717) is 0 Å². The Bertz CT molecular complexity index is 544. The number of aliphatic carboxylic acids is 1. The van der Waals surface area contributed by atoms with Gasteiger partial charge < -0.3 is 15.4 Å². The Kier molecular flexibility index (Phi) is 3.81. The van der Waals surface area contributed by atoms with Crippen LogP contribution in [0.5, 0.6) is 0 Å². The molecule has 1 heterocycles. The van der Waals surface area contributed by atoms with Crippen LogP contribution in [0.25, 0.3) is 0 Å². The van der Waals surface area contributed by atoms with Crippen LogP contribution in [0.1, 0.15) is 23.7 Å². The third-order valence-corrected chi connectivity index (χ3v) is 1.92. The Labute approximate surface area is 94.7 Å². The minimum absolute atomic E-state index is 0.257. The number of hydrogen-bond acceptors (Lipinski definition) is 4. The molecule has 8 heteroatoms. The molecule has 17 heavy (non-hydrogen) atoms. The van der Waals surface area contributed by atoms with Crippen molar-refractivity contribution in [2.75, 3.05) is 0 Å². The van der Waals surface area contributed by atoms with Gasteiger partial charge in [0.05, 0.1) is 6.42 Å². The minimum Gasteiger partial charge on any atom is -0.481 e. The highest BCUT2D eigenvalue weighted by molar-refractivity contribution is 5.93. The number of nitrogens with one attached hydrogen (secondary N) is 3. The molecule has 0 bridgehead atoms. The second-order valence-electron chi connectivity index (χ2n) is 3.46. The van der Waals surface area contributed by atoms with E-state index in [4.69, 9.17) is 5.11 Å². The largest absolute Gasteiger partial charge is 0.481 e. The van der Waals surface area contributed by atoms with Gasteiger partial charge in [0.15, 0.2) is 0 Å². The lowest BCUT2D eigenvalue weighted by molar-refractivity contribution is -0.137. The van der Waals surface area contributed by atoms with Crippen LogP contribution in [0.2, 0.25) is 0 Å². The van der Waals surface area contributed by atoms with Crippen molar-refractivity contribution in [2.45, 2.75) is 19.4 Å². The number of carbonyl (C=O) groups excluding carboxylic acids is 1. The maximum atomic E-state index is 11.5. The van der Waals surface area contributed by atoms with E-state index < -0.39 is 29.2 Å². The number of rotatable bonds is 4. The Morgan fingerprint density at radius 3 is 2.65 bits per heavy atom. The topological polar surface area (TPSA) is 132 Å². The lowest BCUT2D eigenvalue weighted by Crippen LogP contribution is -2.38. The van der Waals surface area contributed by atoms with E-state index >= 15 is 0 Å². The van der Waals surface area contributed by atoms with E-state index in [9.17, 15) is 19.2 Å². The maximum Gasteiger partial charge on any atom is 0.325 e. The average Bonchev–Trinajstić information content (AvgIpc) is 2.15. The van der Waals surface area contributed by atoms with Crippen LogP contribution in [-0.4, -0.2) is 33.0 Å². The van der Waals surface area contributed by atoms with Crippen molar-refractivity contribution in [3.63, 3.8) is 0 Å². The first-order chi connectivity index (χ1) is 7.90. The van der Waals surface area contributed by atoms with E-state index in [1.54, 1.807) is 0 Å². The van der Waals surface area contributed by atoms with Crippen molar-refractivity contribution in [3.05, 3.63) is 32.6 Å². The molecule has 0 saturated carbocycles. The van der Waals surface area contributed by atoms with Crippen molar-refractivity contribution in [1.29, 1.82) is 0 Å². The fraction of sp³-hybridized carbons (Fsp3) is 0.333. The lowest BCUT2D eigenvalue weighted by atomic mass is 10.2. The Morgan fingerprint density at radius 1 is 1.47 bits per heavy atom. The summed E-state index contributed by atoms with van der Waals surface area (Å²) in [5.41, 5.74) is -1.82. The molecule has 0 spiro atoms. The van der Waals surface area contributed by atoms with Gasteiger partial charge in [-0.15, -0.1) is 0 Å². The van der Waals surface area contributed by atoms with Crippen molar-refractivity contribution >= 4 is 11.9 Å². The number of aromatic nitrogens is 2. The molecule has 1 aromatic heterocycles. The summed E-state index contributed by atoms with van der Waals surface area (Å²) in [7, 11) is 0. The molecule has 0 radical (unpaired) electrons. The van der Waals surface area contributed by atoms with E-state index in [1.807, 2.05) is 4.98 Å². The highest BCUT2D eigenvalue weighted by atomic mass is 16.4. The van der Waals surface area contributed by atoms with Crippen LogP contribution in [-0.2, 0) is 4.79 Å². The summed E-state index contributed by atoms with van der Waals surface area (Å²) >= 11 is 0. The second-order valence-corrected chi connectivity index (χ2v) is 3.46. The monoisotopic (exact) mass is 241 g/mol. The number of carboxylic acids is 1. The Balaban J connectivity index is 2.80. The molecule has 0 saturated heterocycles. The van der Waals surface area contributed by atoms with Gasteiger partial charge in [-0.25, -0.2) is 4.79 Å². The van der Waals surface area contributed by atoms with Gasteiger partial charge >= 0.3 is 11.7 Å². The first-order valence-corrected chi connectivity index (χ1v) is 4.75. The maximum absolute atomic E-state index is 11.5.